The molecule has 24 heavy (non-hydrogen) atoms. The van der Waals surface area contributed by atoms with Crippen LogP contribution in [0.1, 0.15) is 18.9 Å². The summed E-state index contributed by atoms with van der Waals surface area (Å²) in [6.45, 7) is 3.18. The molecule has 0 fully saturated rings. The van der Waals surface area contributed by atoms with Gasteiger partial charge in [0.2, 0.25) is 0 Å². The van der Waals surface area contributed by atoms with Gasteiger partial charge in [-0.1, -0.05) is 18.2 Å². The van der Waals surface area contributed by atoms with Gasteiger partial charge in [-0.05, 0) is 31.4 Å². The average molecular weight is 326 g/mol. The zero-order chi connectivity index (χ0) is 16.8. The molecule has 0 bridgehead atoms. The molecule has 3 aromatic rings. The number of aryl methyl sites for hydroxylation is 1. The lowest BCUT2D eigenvalue weighted by Crippen LogP contribution is -2.42. The summed E-state index contributed by atoms with van der Waals surface area (Å²) in [7, 11) is 0. The van der Waals surface area contributed by atoms with Crippen LogP contribution in [0.25, 0.3) is 10.9 Å². The van der Waals surface area contributed by atoms with Crippen molar-refractivity contribution in [1.82, 2.24) is 30.4 Å². The van der Waals surface area contributed by atoms with E-state index in [0.717, 1.165) is 18.4 Å². The first-order valence-electron chi connectivity index (χ1n) is 8.14. The Morgan fingerprint density at radius 1 is 1.38 bits per heavy atom. The number of nitrogens with one attached hydrogen (secondary N) is 3. The molecule has 3 N–H and O–H groups in total. The molecule has 7 heteroatoms. The molecule has 0 radical (unpaired) electrons. The number of nitrogens with zero attached hydrogens (tertiary/aromatic N) is 3. The van der Waals surface area contributed by atoms with Crippen molar-refractivity contribution in [2.75, 3.05) is 6.54 Å². The van der Waals surface area contributed by atoms with Gasteiger partial charge in [-0.3, -0.25) is 4.68 Å². The maximum absolute atomic E-state index is 11.9. The van der Waals surface area contributed by atoms with E-state index in [-0.39, 0.29) is 12.1 Å². The lowest BCUT2D eigenvalue weighted by Gasteiger charge is -2.14. The second-order valence-corrected chi connectivity index (χ2v) is 5.88. The molecule has 0 spiro atoms. The first-order chi connectivity index (χ1) is 11.7. The van der Waals surface area contributed by atoms with Gasteiger partial charge in [0.1, 0.15) is 12.7 Å². The molecule has 0 saturated carbocycles. The zero-order valence-electron chi connectivity index (χ0n) is 13.7. The van der Waals surface area contributed by atoms with Crippen molar-refractivity contribution in [3.63, 3.8) is 0 Å². The molecule has 0 aliphatic heterocycles. The third-order valence-corrected chi connectivity index (χ3v) is 3.89. The van der Waals surface area contributed by atoms with Crippen molar-refractivity contribution in [3.05, 3.63) is 48.7 Å². The maximum Gasteiger partial charge on any atom is 0.315 e. The highest BCUT2D eigenvalue weighted by molar-refractivity contribution is 5.83. The Morgan fingerprint density at radius 2 is 2.25 bits per heavy atom. The number of aromatic nitrogens is 4. The summed E-state index contributed by atoms with van der Waals surface area (Å²) in [5, 5.41) is 11.1. The van der Waals surface area contributed by atoms with Crippen molar-refractivity contribution in [3.8, 4) is 0 Å². The summed E-state index contributed by atoms with van der Waals surface area (Å²) in [5.41, 5.74) is 2.44. The summed E-state index contributed by atoms with van der Waals surface area (Å²) >= 11 is 0. The molecule has 2 amide bonds. The fraction of sp³-hybridized carbons (Fsp3) is 0.353. The van der Waals surface area contributed by atoms with Crippen molar-refractivity contribution in [1.29, 1.82) is 0 Å². The molecule has 0 aliphatic rings. The molecule has 0 aliphatic carbocycles. The van der Waals surface area contributed by atoms with E-state index < -0.39 is 0 Å². The van der Waals surface area contributed by atoms with E-state index in [2.05, 4.69) is 37.8 Å². The monoisotopic (exact) mass is 326 g/mol. The SMILES string of the molecule is CC(Cn1cncn1)NC(=O)NCCCc1c[nH]c2ccccc12. The summed E-state index contributed by atoms with van der Waals surface area (Å²) in [5.74, 6) is 0. The number of rotatable bonds is 7. The Kier molecular flexibility index (Phi) is 5.10. The number of carbonyl (C=O) groups excluding carboxylic acids is 1. The Morgan fingerprint density at radius 3 is 3.08 bits per heavy atom. The minimum absolute atomic E-state index is 0.0136. The Bertz CT molecular complexity index is 779. The Labute approximate surface area is 140 Å². The predicted octanol–water partition coefficient (Wildman–Crippen LogP) is 2.08. The highest BCUT2D eigenvalue weighted by Gasteiger charge is 2.08. The fourth-order valence-electron chi connectivity index (χ4n) is 2.75. The molecule has 3 rings (SSSR count). The Balaban J connectivity index is 1.37. The van der Waals surface area contributed by atoms with Gasteiger partial charge in [0.15, 0.2) is 0 Å². The first kappa shape index (κ1) is 16.0. The van der Waals surface area contributed by atoms with Crippen molar-refractivity contribution >= 4 is 16.9 Å². The number of aromatic amines is 1. The summed E-state index contributed by atoms with van der Waals surface area (Å²) in [4.78, 5) is 19.0. The van der Waals surface area contributed by atoms with Crippen LogP contribution in [0.3, 0.4) is 0 Å². The van der Waals surface area contributed by atoms with Gasteiger partial charge in [0.25, 0.3) is 0 Å². The second-order valence-electron chi connectivity index (χ2n) is 5.88. The fourth-order valence-corrected chi connectivity index (χ4v) is 2.75. The van der Waals surface area contributed by atoms with E-state index in [1.807, 2.05) is 25.3 Å². The minimum atomic E-state index is -0.151. The number of H-pyrrole nitrogens is 1. The van der Waals surface area contributed by atoms with E-state index in [1.165, 1.54) is 17.3 Å². The van der Waals surface area contributed by atoms with Crippen LogP contribution in [0.5, 0.6) is 0 Å². The largest absolute Gasteiger partial charge is 0.361 e. The molecular weight excluding hydrogens is 304 g/mol. The number of carbonyl (C=O) groups is 1. The van der Waals surface area contributed by atoms with Gasteiger partial charge in [-0.25, -0.2) is 9.78 Å². The van der Waals surface area contributed by atoms with Crippen LogP contribution in [-0.2, 0) is 13.0 Å². The van der Waals surface area contributed by atoms with Crippen LogP contribution in [0.2, 0.25) is 0 Å². The van der Waals surface area contributed by atoms with Gasteiger partial charge >= 0.3 is 6.03 Å². The number of urea groups is 1. The highest BCUT2D eigenvalue weighted by atomic mass is 16.2. The molecule has 0 saturated heterocycles. The van der Waals surface area contributed by atoms with Crippen LogP contribution in [-0.4, -0.2) is 38.4 Å². The van der Waals surface area contributed by atoms with Crippen LogP contribution >= 0.6 is 0 Å². The number of para-hydroxylation sites is 1. The molecule has 7 nitrogen and oxygen atoms in total. The summed E-state index contributed by atoms with van der Waals surface area (Å²) in [6.07, 6.45) is 6.99. The zero-order valence-corrected chi connectivity index (χ0v) is 13.7. The molecule has 2 aromatic heterocycles. The van der Waals surface area contributed by atoms with Crippen LogP contribution < -0.4 is 10.6 Å². The van der Waals surface area contributed by atoms with Gasteiger partial charge in [0.05, 0.1) is 6.54 Å². The van der Waals surface area contributed by atoms with Crippen LogP contribution in [0, 0.1) is 0 Å². The summed E-state index contributed by atoms with van der Waals surface area (Å²) < 4.78 is 1.70. The van der Waals surface area contributed by atoms with Gasteiger partial charge in [0, 0.05) is 29.7 Å². The predicted molar refractivity (Wildman–Crippen MR) is 92.6 cm³/mol. The molecule has 126 valence electrons. The molecular formula is C17H22N6O. The lowest BCUT2D eigenvalue weighted by molar-refractivity contribution is 0.236. The standard InChI is InChI=1S/C17H22N6O/c1-13(10-23-12-18-11-21-23)22-17(24)19-8-4-5-14-9-20-16-7-3-2-6-15(14)16/h2-3,6-7,9,11-13,20H,4-5,8,10H2,1H3,(H2,19,22,24). The smallest absolute Gasteiger partial charge is 0.315 e. The highest BCUT2D eigenvalue weighted by Crippen LogP contribution is 2.18. The first-order valence-corrected chi connectivity index (χ1v) is 8.14. The summed E-state index contributed by atoms with van der Waals surface area (Å²) in [6, 6.07) is 8.09. The van der Waals surface area contributed by atoms with E-state index in [1.54, 1.807) is 11.0 Å². The molecule has 2 heterocycles. The number of benzene rings is 1. The number of hydrogen-bond acceptors (Lipinski definition) is 3. The van der Waals surface area contributed by atoms with E-state index in [9.17, 15) is 4.79 Å². The van der Waals surface area contributed by atoms with E-state index in [4.69, 9.17) is 0 Å². The number of amides is 2. The third-order valence-electron chi connectivity index (χ3n) is 3.89. The van der Waals surface area contributed by atoms with Gasteiger partial charge < -0.3 is 15.6 Å². The van der Waals surface area contributed by atoms with E-state index in [0.29, 0.717) is 13.1 Å². The molecule has 1 unspecified atom stereocenters. The quantitative estimate of drug-likeness (QED) is 0.581. The van der Waals surface area contributed by atoms with Crippen molar-refractivity contribution < 1.29 is 4.79 Å². The molecule has 1 atom stereocenters. The number of fused-ring (bicyclic) bond motifs is 1. The number of hydrogen-bond donors (Lipinski definition) is 3. The van der Waals surface area contributed by atoms with Crippen molar-refractivity contribution in [2.24, 2.45) is 0 Å². The molecule has 1 aromatic carbocycles. The van der Waals surface area contributed by atoms with Crippen molar-refractivity contribution in [2.45, 2.75) is 32.4 Å². The van der Waals surface area contributed by atoms with Gasteiger partial charge in [-0.2, -0.15) is 5.10 Å². The normalized spacial score (nSPS) is 12.2. The third kappa shape index (κ3) is 4.13. The second kappa shape index (κ2) is 7.63. The maximum atomic E-state index is 11.9. The lowest BCUT2D eigenvalue weighted by atomic mass is 10.1. The minimum Gasteiger partial charge on any atom is -0.361 e. The Hall–Kier alpha value is -2.83. The average Bonchev–Trinajstić information content (AvgIpc) is 3.21. The van der Waals surface area contributed by atoms with Gasteiger partial charge in [-0.15, -0.1) is 0 Å². The van der Waals surface area contributed by atoms with E-state index >= 15 is 0 Å². The topological polar surface area (TPSA) is 87.6 Å². The van der Waals surface area contributed by atoms with Crippen LogP contribution in [0.4, 0.5) is 4.79 Å². The van der Waals surface area contributed by atoms with Crippen LogP contribution in [0.15, 0.2) is 43.1 Å².